The van der Waals surface area contributed by atoms with Gasteiger partial charge in [0.05, 0.1) is 5.03 Å². The molecule has 162 valence electrons. The monoisotopic (exact) mass is 418 g/mol. The molecule has 0 aromatic heterocycles. The predicted molar refractivity (Wildman–Crippen MR) is 124 cm³/mol. The molecule has 1 N–H and O–H groups in total. The highest BCUT2D eigenvalue weighted by atomic mass is 32.2. The van der Waals surface area contributed by atoms with Crippen LogP contribution in [0.1, 0.15) is 71.1 Å². The fraction of sp³-hybridized carbons (Fsp3) is 0.739. The van der Waals surface area contributed by atoms with Crippen molar-refractivity contribution in [3.63, 3.8) is 0 Å². The number of nitrogens with one attached hydrogen (secondary N) is 1. The van der Waals surface area contributed by atoms with E-state index in [1.807, 2.05) is 6.92 Å². The minimum atomic E-state index is 0.0788. The van der Waals surface area contributed by atoms with E-state index in [-0.39, 0.29) is 5.91 Å². The van der Waals surface area contributed by atoms with Crippen LogP contribution < -0.4 is 5.32 Å². The highest BCUT2D eigenvalue weighted by Crippen LogP contribution is 2.29. The topological polar surface area (TPSA) is 47.9 Å². The number of rotatable bonds is 7. The predicted octanol–water partition coefficient (Wildman–Crippen LogP) is 4.73. The van der Waals surface area contributed by atoms with Gasteiger partial charge in [0.1, 0.15) is 0 Å². The summed E-state index contributed by atoms with van der Waals surface area (Å²) in [5, 5.41) is 4.56. The smallest absolute Gasteiger partial charge is 0.224 e. The number of hydrogen-bond acceptors (Lipinski definition) is 4. The molecule has 0 aromatic rings. The van der Waals surface area contributed by atoms with Crippen LogP contribution in [0.2, 0.25) is 0 Å². The molecule has 0 unspecified atom stereocenters. The Bertz CT molecular complexity index is 612. The second kappa shape index (κ2) is 11.2. The molecule has 0 spiro atoms. The van der Waals surface area contributed by atoms with Crippen molar-refractivity contribution in [1.82, 2.24) is 15.1 Å². The molecule has 6 heteroatoms. The van der Waals surface area contributed by atoms with Crippen LogP contribution in [0.4, 0.5) is 0 Å². The van der Waals surface area contributed by atoms with Crippen LogP contribution in [0.15, 0.2) is 28.9 Å². The van der Waals surface area contributed by atoms with E-state index in [1.54, 1.807) is 0 Å². The highest BCUT2D eigenvalue weighted by Gasteiger charge is 2.27. The number of nitrogens with zero attached hydrogens (tertiary/aromatic N) is 3. The molecule has 1 aliphatic heterocycles. The Balaban J connectivity index is 1.46. The van der Waals surface area contributed by atoms with Gasteiger partial charge in [-0.15, -0.1) is 0 Å². The number of allylic oxidation sites excluding steroid dienone is 1. The van der Waals surface area contributed by atoms with Gasteiger partial charge in [-0.1, -0.05) is 51.7 Å². The molecule has 1 amide bonds. The molecular weight excluding hydrogens is 380 g/mol. The maximum Gasteiger partial charge on any atom is 0.224 e. The Morgan fingerprint density at radius 3 is 2.28 bits per heavy atom. The third-order valence-corrected chi connectivity index (χ3v) is 7.34. The summed E-state index contributed by atoms with van der Waals surface area (Å²) in [5.41, 5.74) is 0.783. The van der Waals surface area contributed by atoms with Crippen molar-refractivity contribution in [2.75, 3.05) is 26.2 Å². The summed E-state index contributed by atoms with van der Waals surface area (Å²) in [6.45, 7) is 14.1. The van der Waals surface area contributed by atoms with Crippen LogP contribution in [0.25, 0.3) is 0 Å². The van der Waals surface area contributed by atoms with Gasteiger partial charge in [-0.25, -0.2) is 4.99 Å². The molecule has 3 aliphatic rings. The Morgan fingerprint density at radius 2 is 1.66 bits per heavy atom. The van der Waals surface area contributed by atoms with Gasteiger partial charge >= 0.3 is 0 Å². The summed E-state index contributed by atoms with van der Waals surface area (Å²) in [6.07, 6.45) is 12.3. The highest BCUT2D eigenvalue weighted by molar-refractivity contribution is 8.17. The lowest BCUT2D eigenvalue weighted by Crippen LogP contribution is -2.51. The molecule has 3 fully saturated rings. The summed E-state index contributed by atoms with van der Waals surface area (Å²) in [4.78, 5) is 21.9. The van der Waals surface area contributed by atoms with Gasteiger partial charge in [0.15, 0.2) is 5.17 Å². The molecule has 0 bridgehead atoms. The van der Waals surface area contributed by atoms with Crippen LogP contribution in [0, 0.1) is 5.92 Å². The van der Waals surface area contributed by atoms with Crippen LogP contribution in [-0.2, 0) is 4.79 Å². The summed E-state index contributed by atoms with van der Waals surface area (Å²) in [7, 11) is 0. The van der Waals surface area contributed by atoms with Gasteiger partial charge in [0, 0.05) is 44.3 Å². The SMILES string of the molecule is C=C(C)N=C(SC(=C)NC(=O)CCC1CCCC1)N1CCN(C2CCCC2)CC1. The molecule has 0 aromatic carbocycles. The first kappa shape index (κ1) is 22.4. The van der Waals surface area contributed by atoms with Crippen LogP contribution in [0.3, 0.4) is 0 Å². The minimum Gasteiger partial charge on any atom is -0.348 e. The van der Waals surface area contributed by atoms with Gasteiger partial charge in [-0.2, -0.15) is 0 Å². The molecule has 2 aliphatic carbocycles. The Hall–Kier alpha value is -1.27. The molecule has 2 saturated carbocycles. The van der Waals surface area contributed by atoms with Gasteiger partial charge in [-0.3, -0.25) is 9.69 Å². The second-order valence-electron chi connectivity index (χ2n) is 8.85. The number of thioether (sulfide) groups is 1. The number of amidine groups is 1. The fourth-order valence-electron chi connectivity index (χ4n) is 4.86. The zero-order chi connectivity index (χ0) is 20.6. The molecular formula is C23H38N4OS. The van der Waals surface area contributed by atoms with Crippen molar-refractivity contribution < 1.29 is 4.79 Å². The van der Waals surface area contributed by atoms with Crippen molar-refractivity contribution in [3.8, 4) is 0 Å². The van der Waals surface area contributed by atoms with Crippen molar-refractivity contribution in [3.05, 3.63) is 23.9 Å². The second-order valence-corrected chi connectivity index (χ2v) is 9.92. The van der Waals surface area contributed by atoms with E-state index >= 15 is 0 Å². The zero-order valence-electron chi connectivity index (χ0n) is 18.1. The molecule has 1 heterocycles. The molecule has 29 heavy (non-hydrogen) atoms. The largest absolute Gasteiger partial charge is 0.348 e. The third kappa shape index (κ3) is 7.18. The number of hydrogen-bond donors (Lipinski definition) is 1. The maximum atomic E-state index is 12.3. The summed E-state index contributed by atoms with van der Waals surface area (Å²) in [6, 6.07) is 0.778. The van der Waals surface area contributed by atoms with E-state index in [4.69, 9.17) is 0 Å². The van der Waals surface area contributed by atoms with Crippen LogP contribution in [0.5, 0.6) is 0 Å². The summed E-state index contributed by atoms with van der Waals surface area (Å²) in [5.74, 6) is 0.813. The number of carbonyl (C=O) groups excluding carboxylic acids is 1. The molecule has 1 saturated heterocycles. The molecule has 0 radical (unpaired) electrons. The van der Waals surface area contributed by atoms with Gasteiger partial charge in [0.2, 0.25) is 5.91 Å². The zero-order valence-corrected chi connectivity index (χ0v) is 18.9. The summed E-state index contributed by atoms with van der Waals surface area (Å²) < 4.78 is 0. The first-order chi connectivity index (χ1) is 14.0. The van der Waals surface area contributed by atoms with Crippen LogP contribution >= 0.6 is 11.8 Å². The first-order valence-electron chi connectivity index (χ1n) is 11.4. The molecule has 5 nitrogen and oxygen atoms in total. The van der Waals surface area contributed by atoms with Crippen molar-refractivity contribution in [2.24, 2.45) is 10.9 Å². The fourth-order valence-corrected chi connectivity index (χ4v) is 5.76. The van der Waals surface area contributed by atoms with Crippen molar-refractivity contribution in [2.45, 2.75) is 77.2 Å². The minimum absolute atomic E-state index is 0.0788. The Labute approximate surface area is 181 Å². The van der Waals surface area contributed by atoms with Gasteiger partial charge in [-0.05, 0) is 43.9 Å². The maximum absolute atomic E-state index is 12.3. The number of aliphatic imine (C=N–C) groups is 1. The Kier molecular flexibility index (Phi) is 8.67. The molecule has 3 rings (SSSR count). The third-order valence-electron chi connectivity index (χ3n) is 6.46. The van der Waals surface area contributed by atoms with Crippen molar-refractivity contribution >= 4 is 22.8 Å². The molecule has 0 atom stereocenters. The number of carbonyl (C=O) groups is 1. The van der Waals surface area contributed by atoms with Crippen molar-refractivity contribution in [1.29, 1.82) is 0 Å². The van der Waals surface area contributed by atoms with Gasteiger partial charge in [0.25, 0.3) is 0 Å². The van der Waals surface area contributed by atoms with E-state index in [2.05, 4.69) is 33.3 Å². The number of amides is 1. The average molecular weight is 419 g/mol. The Morgan fingerprint density at radius 1 is 1.03 bits per heavy atom. The lowest BCUT2D eigenvalue weighted by molar-refractivity contribution is -0.120. The lowest BCUT2D eigenvalue weighted by atomic mass is 10.0. The van der Waals surface area contributed by atoms with E-state index in [0.717, 1.165) is 55.4 Å². The average Bonchev–Trinajstić information content (AvgIpc) is 3.39. The van der Waals surface area contributed by atoms with Gasteiger partial charge < -0.3 is 10.2 Å². The standard InChI is InChI=1S/C23H38N4OS/c1-18(2)24-23(27-16-14-26(15-17-27)21-10-6-7-11-21)29-19(3)25-22(28)13-12-20-8-4-5-9-20/h20-21H,1,3-17H2,2H3,(H,25,28). The van der Waals surface area contributed by atoms with E-state index in [9.17, 15) is 4.79 Å². The summed E-state index contributed by atoms with van der Waals surface area (Å²) >= 11 is 1.47. The first-order valence-corrected chi connectivity index (χ1v) is 12.2. The van der Waals surface area contributed by atoms with E-state index < -0.39 is 0 Å². The van der Waals surface area contributed by atoms with Crippen LogP contribution in [-0.4, -0.2) is 53.1 Å². The number of piperazine rings is 1. The van der Waals surface area contributed by atoms with E-state index in [0.29, 0.717) is 11.4 Å². The quantitative estimate of drug-likeness (QED) is 0.480. The van der Waals surface area contributed by atoms with E-state index in [1.165, 1.54) is 63.1 Å². The lowest BCUT2D eigenvalue weighted by Gasteiger charge is -2.39. The normalized spacial score (nSPS) is 22.2.